The molecule has 4 nitrogen and oxygen atoms in total. The Morgan fingerprint density at radius 3 is 2.95 bits per heavy atom. The predicted molar refractivity (Wildman–Crippen MR) is 80.5 cm³/mol. The van der Waals surface area contributed by atoms with Crippen LogP contribution in [-0.4, -0.2) is 49.2 Å². The third-order valence-electron chi connectivity index (χ3n) is 3.75. The SMILES string of the molecule is CCCNCc1cc(F)cnc1N1CCN(C)CC1C. The molecule has 0 aliphatic carbocycles. The van der Waals surface area contributed by atoms with Crippen LogP contribution in [0.2, 0.25) is 0 Å². The summed E-state index contributed by atoms with van der Waals surface area (Å²) in [6.07, 6.45) is 2.40. The first kappa shape index (κ1) is 15.2. The summed E-state index contributed by atoms with van der Waals surface area (Å²) in [5.41, 5.74) is 0.954. The Morgan fingerprint density at radius 2 is 2.25 bits per heavy atom. The lowest BCUT2D eigenvalue weighted by atomic mass is 10.1. The molecule has 1 saturated heterocycles. The van der Waals surface area contributed by atoms with Gasteiger partial charge < -0.3 is 15.1 Å². The first-order valence-electron chi connectivity index (χ1n) is 7.42. The van der Waals surface area contributed by atoms with Crippen LogP contribution in [0.5, 0.6) is 0 Å². The number of aromatic nitrogens is 1. The van der Waals surface area contributed by atoms with Crippen molar-refractivity contribution in [1.82, 2.24) is 15.2 Å². The summed E-state index contributed by atoms with van der Waals surface area (Å²) in [6.45, 7) is 8.91. The molecule has 1 aromatic rings. The van der Waals surface area contributed by atoms with Crippen LogP contribution in [0.4, 0.5) is 10.2 Å². The third kappa shape index (κ3) is 3.67. The highest BCUT2D eigenvalue weighted by atomic mass is 19.1. The average Bonchev–Trinajstić information content (AvgIpc) is 2.40. The van der Waals surface area contributed by atoms with Gasteiger partial charge in [-0.15, -0.1) is 0 Å². The monoisotopic (exact) mass is 280 g/mol. The Hall–Kier alpha value is -1.20. The van der Waals surface area contributed by atoms with Crippen molar-refractivity contribution < 1.29 is 4.39 Å². The maximum atomic E-state index is 13.5. The maximum Gasteiger partial charge on any atom is 0.141 e. The van der Waals surface area contributed by atoms with Crippen LogP contribution in [0.1, 0.15) is 25.8 Å². The number of nitrogens with one attached hydrogen (secondary N) is 1. The first-order valence-corrected chi connectivity index (χ1v) is 7.42. The van der Waals surface area contributed by atoms with E-state index in [-0.39, 0.29) is 5.82 Å². The standard InChI is InChI=1S/C15H25FN4/c1-4-5-17-9-13-8-14(16)10-18-15(13)20-7-6-19(3)11-12(20)2/h8,10,12,17H,4-7,9,11H2,1-3H3. The number of rotatable bonds is 5. The van der Waals surface area contributed by atoms with Crippen molar-refractivity contribution in [3.8, 4) is 0 Å². The predicted octanol–water partition coefficient (Wildman–Crippen LogP) is 1.86. The smallest absolute Gasteiger partial charge is 0.141 e. The minimum absolute atomic E-state index is 0.260. The molecule has 0 aromatic carbocycles. The van der Waals surface area contributed by atoms with E-state index in [4.69, 9.17) is 0 Å². The molecule has 1 aliphatic rings. The second-order valence-corrected chi connectivity index (χ2v) is 5.62. The highest BCUT2D eigenvalue weighted by Gasteiger charge is 2.24. The van der Waals surface area contributed by atoms with Crippen LogP contribution >= 0.6 is 0 Å². The molecule has 112 valence electrons. The maximum absolute atomic E-state index is 13.5. The number of likely N-dealkylation sites (N-methyl/N-ethyl adjacent to an activating group) is 1. The Labute approximate surface area is 121 Å². The number of piperazine rings is 1. The molecule has 0 spiro atoms. The molecule has 1 unspecified atom stereocenters. The van der Waals surface area contributed by atoms with E-state index in [2.05, 4.69) is 41.0 Å². The van der Waals surface area contributed by atoms with Gasteiger partial charge in [0.2, 0.25) is 0 Å². The van der Waals surface area contributed by atoms with Crippen LogP contribution < -0.4 is 10.2 Å². The summed E-state index contributed by atoms with van der Waals surface area (Å²) in [6, 6.07) is 2.01. The van der Waals surface area contributed by atoms with E-state index in [1.54, 1.807) is 6.07 Å². The van der Waals surface area contributed by atoms with Gasteiger partial charge in [-0.1, -0.05) is 6.92 Å². The summed E-state index contributed by atoms with van der Waals surface area (Å²) in [5, 5.41) is 3.34. The molecule has 1 aliphatic heterocycles. The Morgan fingerprint density at radius 1 is 1.45 bits per heavy atom. The third-order valence-corrected chi connectivity index (χ3v) is 3.75. The number of nitrogens with zero attached hydrogens (tertiary/aromatic N) is 3. The number of pyridine rings is 1. The molecule has 0 saturated carbocycles. The molecule has 5 heteroatoms. The Bertz CT molecular complexity index is 438. The lowest BCUT2D eigenvalue weighted by molar-refractivity contribution is 0.274. The van der Waals surface area contributed by atoms with Gasteiger partial charge in [0.25, 0.3) is 0 Å². The molecule has 2 rings (SSSR count). The van der Waals surface area contributed by atoms with Gasteiger partial charge in [0.1, 0.15) is 11.6 Å². The number of hydrogen-bond acceptors (Lipinski definition) is 4. The van der Waals surface area contributed by atoms with Crippen LogP contribution in [0.25, 0.3) is 0 Å². The normalized spacial score (nSPS) is 20.4. The zero-order valence-electron chi connectivity index (χ0n) is 12.7. The molecular formula is C15H25FN4. The van der Waals surface area contributed by atoms with E-state index in [1.165, 1.54) is 6.20 Å². The van der Waals surface area contributed by atoms with E-state index in [0.29, 0.717) is 12.6 Å². The Kier molecular flexibility index (Phi) is 5.31. The largest absolute Gasteiger partial charge is 0.351 e. The fourth-order valence-electron chi connectivity index (χ4n) is 2.72. The molecule has 0 amide bonds. The van der Waals surface area contributed by atoms with Gasteiger partial charge in [-0.3, -0.25) is 0 Å². The van der Waals surface area contributed by atoms with E-state index >= 15 is 0 Å². The average molecular weight is 280 g/mol. The van der Waals surface area contributed by atoms with Crippen molar-refractivity contribution in [2.24, 2.45) is 0 Å². The van der Waals surface area contributed by atoms with Crippen molar-refractivity contribution in [2.75, 3.05) is 38.1 Å². The van der Waals surface area contributed by atoms with E-state index < -0.39 is 0 Å². The quantitative estimate of drug-likeness (QED) is 0.834. The number of anilines is 1. The van der Waals surface area contributed by atoms with Gasteiger partial charge in [0.15, 0.2) is 0 Å². The molecule has 0 radical (unpaired) electrons. The van der Waals surface area contributed by atoms with Crippen LogP contribution in [-0.2, 0) is 6.54 Å². The summed E-state index contributed by atoms with van der Waals surface area (Å²) >= 11 is 0. The lowest BCUT2D eigenvalue weighted by Crippen LogP contribution is -2.51. The molecule has 20 heavy (non-hydrogen) atoms. The van der Waals surface area contributed by atoms with E-state index in [0.717, 1.165) is 44.0 Å². The molecule has 0 bridgehead atoms. The zero-order valence-corrected chi connectivity index (χ0v) is 12.7. The lowest BCUT2D eigenvalue weighted by Gasteiger charge is -2.39. The van der Waals surface area contributed by atoms with Crippen molar-refractivity contribution in [3.05, 3.63) is 23.6 Å². The summed E-state index contributed by atoms with van der Waals surface area (Å²) in [4.78, 5) is 8.96. The topological polar surface area (TPSA) is 31.4 Å². The highest BCUT2D eigenvalue weighted by Crippen LogP contribution is 2.23. The van der Waals surface area contributed by atoms with Gasteiger partial charge in [-0.05, 0) is 33.0 Å². The van der Waals surface area contributed by atoms with E-state index in [9.17, 15) is 4.39 Å². The molecule has 1 atom stereocenters. The van der Waals surface area contributed by atoms with Crippen LogP contribution in [0.15, 0.2) is 12.3 Å². The molecule has 1 fully saturated rings. The molecular weight excluding hydrogens is 255 g/mol. The molecule has 2 heterocycles. The number of hydrogen-bond donors (Lipinski definition) is 1. The number of halogens is 1. The second kappa shape index (κ2) is 6.99. The van der Waals surface area contributed by atoms with Crippen molar-refractivity contribution in [2.45, 2.75) is 32.9 Å². The summed E-state index contributed by atoms with van der Waals surface area (Å²) in [5.74, 6) is 0.666. The fourth-order valence-corrected chi connectivity index (χ4v) is 2.72. The Balaban J connectivity index is 2.17. The van der Waals surface area contributed by atoms with Crippen molar-refractivity contribution >= 4 is 5.82 Å². The van der Waals surface area contributed by atoms with Crippen LogP contribution in [0, 0.1) is 5.82 Å². The van der Waals surface area contributed by atoms with Gasteiger partial charge >= 0.3 is 0 Å². The highest BCUT2D eigenvalue weighted by molar-refractivity contribution is 5.48. The van der Waals surface area contributed by atoms with Gasteiger partial charge in [-0.2, -0.15) is 0 Å². The molecule has 1 aromatic heterocycles. The van der Waals surface area contributed by atoms with Gasteiger partial charge in [-0.25, -0.2) is 9.37 Å². The van der Waals surface area contributed by atoms with Crippen LogP contribution in [0.3, 0.4) is 0 Å². The minimum atomic E-state index is -0.260. The fraction of sp³-hybridized carbons (Fsp3) is 0.667. The zero-order chi connectivity index (χ0) is 14.5. The summed E-state index contributed by atoms with van der Waals surface area (Å²) < 4.78 is 13.5. The minimum Gasteiger partial charge on any atom is -0.351 e. The second-order valence-electron chi connectivity index (χ2n) is 5.62. The van der Waals surface area contributed by atoms with Gasteiger partial charge in [0, 0.05) is 37.8 Å². The molecule has 1 N–H and O–H groups in total. The first-order chi connectivity index (χ1) is 9.61. The summed E-state index contributed by atoms with van der Waals surface area (Å²) in [7, 11) is 2.13. The van der Waals surface area contributed by atoms with Crippen molar-refractivity contribution in [3.63, 3.8) is 0 Å². The van der Waals surface area contributed by atoms with E-state index in [1.807, 2.05) is 0 Å². The van der Waals surface area contributed by atoms with Crippen molar-refractivity contribution in [1.29, 1.82) is 0 Å². The van der Waals surface area contributed by atoms with Gasteiger partial charge in [0.05, 0.1) is 6.20 Å².